The molecular formula is C42H31N7O2Pt2. The summed E-state index contributed by atoms with van der Waals surface area (Å²) in [5.74, 6) is 2.83. The summed E-state index contributed by atoms with van der Waals surface area (Å²) in [6.07, 6.45) is 3.58. The molecule has 0 aliphatic carbocycles. The van der Waals surface area contributed by atoms with Crippen molar-refractivity contribution in [2.45, 2.75) is 40.0 Å². The second-order valence-corrected chi connectivity index (χ2v) is 13.3. The zero-order valence-corrected chi connectivity index (χ0v) is 33.9. The molecule has 0 radical (unpaired) electrons. The average Bonchev–Trinajstić information content (AvgIpc) is 3.44. The van der Waals surface area contributed by atoms with Gasteiger partial charge in [0, 0.05) is 40.8 Å². The van der Waals surface area contributed by atoms with Gasteiger partial charge < -0.3 is 24.0 Å². The third-order valence-corrected chi connectivity index (χ3v) is 8.23. The van der Waals surface area contributed by atoms with Crippen LogP contribution in [0.1, 0.15) is 37.7 Å². The quantitative estimate of drug-likeness (QED) is 0.146. The predicted molar refractivity (Wildman–Crippen MR) is 195 cm³/mol. The van der Waals surface area contributed by atoms with Gasteiger partial charge in [0.05, 0.1) is 0 Å². The Balaban J connectivity index is 0.00000240. The van der Waals surface area contributed by atoms with E-state index >= 15 is 0 Å². The van der Waals surface area contributed by atoms with Crippen LogP contribution in [0.2, 0.25) is 0 Å². The number of benzene rings is 4. The molecule has 0 atom stereocenters. The molecule has 0 aliphatic heterocycles. The molecule has 266 valence electrons. The minimum atomic E-state index is -0.322. The third-order valence-electron chi connectivity index (χ3n) is 8.23. The molecule has 0 unspecified atom stereocenters. The Hall–Kier alpha value is -5.10. The Morgan fingerprint density at radius 3 is 1.43 bits per heavy atom. The maximum atomic E-state index is 6.32. The predicted octanol–water partition coefficient (Wildman–Crippen LogP) is 9.18. The molecule has 53 heavy (non-hydrogen) atoms. The number of fused-ring (bicyclic) bond motifs is 3. The van der Waals surface area contributed by atoms with Gasteiger partial charge in [-0.1, -0.05) is 67.2 Å². The topological polar surface area (TPSA) is 101 Å². The molecule has 8 aromatic rings. The molecule has 0 aliphatic rings. The van der Waals surface area contributed by atoms with Crippen LogP contribution in [0.15, 0.2) is 97.3 Å². The number of pyridine rings is 2. The van der Waals surface area contributed by atoms with Crippen LogP contribution in [0, 0.1) is 38.1 Å². The fourth-order valence-corrected chi connectivity index (χ4v) is 5.68. The van der Waals surface area contributed by atoms with Crippen molar-refractivity contribution in [1.82, 2.24) is 34.9 Å². The number of ether oxygens (including phenoxy) is 2. The molecule has 0 N–H and O–H groups in total. The molecule has 0 bridgehead atoms. The average molecular weight is 1060 g/mol. The van der Waals surface area contributed by atoms with Crippen molar-refractivity contribution in [3.05, 3.63) is 139 Å². The second kappa shape index (κ2) is 15.5. The van der Waals surface area contributed by atoms with Gasteiger partial charge in [0.25, 0.3) is 5.95 Å². The van der Waals surface area contributed by atoms with Crippen molar-refractivity contribution < 1.29 is 51.6 Å². The van der Waals surface area contributed by atoms with Gasteiger partial charge in [0.1, 0.15) is 0 Å². The summed E-state index contributed by atoms with van der Waals surface area (Å²) in [6, 6.07) is 40.7. The van der Waals surface area contributed by atoms with Crippen molar-refractivity contribution >= 4 is 21.8 Å². The molecule has 0 fully saturated rings. The van der Waals surface area contributed by atoms with Gasteiger partial charge in [-0.3, -0.25) is 0 Å². The molecule has 11 heteroatoms. The second-order valence-electron chi connectivity index (χ2n) is 13.3. The van der Waals surface area contributed by atoms with Gasteiger partial charge >= 0.3 is 42.1 Å². The Labute approximate surface area is 336 Å². The zero-order valence-electron chi connectivity index (χ0n) is 29.3. The number of hydrogen-bond donors (Lipinski definition) is 0. The summed E-state index contributed by atoms with van der Waals surface area (Å²) in [5, 5.41) is 19.7. The molecule has 8 rings (SSSR count). The molecular weight excluding hydrogens is 1020 g/mol. The fraction of sp³-hybridized carbons (Fsp3) is 0.143. The Morgan fingerprint density at radius 2 is 1.00 bits per heavy atom. The minimum Gasteiger partial charge on any atom is -0.503 e. The molecule has 4 aromatic heterocycles. The van der Waals surface area contributed by atoms with E-state index in [0.717, 1.165) is 44.4 Å². The molecule has 9 nitrogen and oxygen atoms in total. The summed E-state index contributed by atoms with van der Waals surface area (Å²) < 4.78 is 14.5. The van der Waals surface area contributed by atoms with Crippen molar-refractivity contribution in [2.75, 3.05) is 0 Å². The fourth-order valence-electron chi connectivity index (χ4n) is 5.68. The number of hydrogen-bond acceptors (Lipinski definition) is 8. The molecule has 4 aromatic carbocycles. The van der Waals surface area contributed by atoms with Crippen LogP contribution >= 0.6 is 0 Å². The van der Waals surface area contributed by atoms with Gasteiger partial charge in [-0.05, 0) is 37.4 Å². The first-order chi connectivity index (χ1) is 24.7. The first-order valence-corrected chi connectivity index (χ1v) is 16.5. The molecule has 0 amide bonds. The summed E-state index contributed by atoms with van der Waals surface area (Å²) in [4.78, 5) is 9.00. The van der Waals surface area contributed by atoms with Crippen LogP contribution in [-0.4, -0.2) is 34.9 Å². The molecule has 0 spiro atoms. The third kappa shape index (κ3) is 7.97. The first kappa shape index (κ1) is 37.6. The van der Waals surface area contributed by atoms with Gasteiger partial charge in [-0.15, -0.1) is 92.2 Å². The van der Waals surface area contributed by atoms with E-state index in [1.807, 2.05) is 124 Å². The summed E-state index contributed by atoms with van der Waals surface area (Å²) in [7, 11) is 0. The van der Waals surface area contributed by atoms with E-state index in [4.69, 9.17) is 9.47 Å². The van der Waals surface area contributed by atoms with Crippen molar-refractivity contribution in [1.29, 1.82) is 0 Å². The number of rotatable bonds is 7. The van der Waals surface area contributed by atoms with E-state index < -0.39 is 0 Å². The van der Waals surface area contributed by atoms with E-state index in [9.17, 15) is 0 Å². The zero-order chi connectivity index (χ0) is 35.1. The summed E-state index contributed by atoms with van der Waals surface area (Å²) in [6.45, 7) is 10.1. The monoisotopic (exact) mass is 1060 g/mol. The first-order valence-electron chi connectivity index (χ1n) is 16.5. The van der Waals surface area contributed by atoms with Crippen LogP contribution in [0.5, 0.6) is 23.0 Å². The SMILES string of the molecule is Cc1ccnc(-c2[c-]c(Oc3[c-]c4c(cc3)c3ccc(Oc5[c-]c(-c6cc(C)ccn6)ccc5)[c-]c3n4-c3nnc(C(C)(C)C)nn3)ccc2)c1.[Pt+2].[Pt+2]. The van der Waals surface area contributed by atoms with Gasteiger partial charge in [-0.2, -0.15) is 22.9 Å². The number of aromatic nitrogens is 7. The van der Waals surface area contributed by atoms with Crippen molar-refractivity contribution in [3.8, 4) is 51.5 Å². The minimum absolute atomic E-state index is 0. The maximum Gasteiger partial charge on any atom is 2.00 e. The summed E-state index contributed by atoms with van der Waals surface area (Å²) >= 11 is 0. The van der Waals surface area contributed by atoms with E-state index in [1.165, 1.54) is 0 Å². The van der Waals surface area contributed by atoms with E-state index in [0.29, 0.717) is 39.9 Å². The van der Waals surface area contributed by atoms with E-state index in [2.05, 4.69) is 54.6 Å². The van der Waals surface area contributed by atoms with Crippen molar-refractivity contribution in [3.63, 3.8) is 0 Å². The van der Waals surface area contributed by atoms with Crippen LogP contribution < -0.4 is 9.47 Å². The van der Waals surface area contributed by atoms with E-state index in [1.54, 1.807) is 12.4 Å². The standard InChI is InChI=1S/C42H31N7O2.2Pt/c1-26-16-18-43-36(20-26)28-8-6-10-30(22-28)50-32-12-14-34-35-15-13-33(51-31-11-7-9-29(23-31)37-21-27(2)17-19-44-37)25-39(35)49(38(34)24-32)41-47-45-40(46-48-41)42(3,4)5;;/h6-21H,1-5H3;;/q-4;2*+2. The van der Waals surface area contributed by atoms with Crippen LogP contribution in [0.25, 0.3) is 50.3 Å². The Kier molecular flexibility index (Phi) is 11.0. The number of aryl methyl sites for hydroxylation is 2. The summed E-state index contributed by atoms with van der Waals surface area (Å²) in [5.41, 5.74) is 6.54. The molecule has 4 heterocycles. The van der Waals surface area contributed by atoms with Gasteiger partial charge in [-0.25, -0.2) is 0 Å². The smallest absolute Gasteiger partial charge is 0.503 e. The maximum absolute atomic E-state index is 6.32. The van der Waals surface area contributed by atoms with Gasteiger partial charge in [0.15, 0.2) is 5.82 Å². The molecule has 0 saturated heterocycles. The Bertz CT molecular complexity index is 2420. The normalized spacial score (nSPS) is 11.2. The number of nitrogens with zero attached hydrogens (tertiary/aromatic N) is 7. The Morgan fingerprint density at radius 1 is 0.547 bits per heavy atom. The molecule has 0 saturated carbocycles. The van der Waals surface area contributed by atoms with Crippen LogP contribution in [-0.2, 0) is 47.5 Å². The van der Waals surface area contributed by atoms with Crippen molar-refractivity contribution in [2.24, 2.45) is 0 Å². The van der Waals surface area contributed by atoms with Crippen LogP contribution in [0.4, 0.5) is 0 Å². The van der Waals surface area contributed by atoms with Gasteiger partial charge in [0.2, 0.25) is 0 Å². The largest absolute Gasteiger partial charge is 2.00 e. The van der Waals surface area contributed by atoms with Crippen LogP contribution in [0.3, 0.4) is 0 Å². The van der Waals surface area contributed by atoms with E-state index in [-0.39, 0.29) is 53.5 Å².